The number of esters is 2. The fourth-order valence-electron chi connectivity index (χ4n) is 1.62. The largest absolute Gasteiger partial charge is 0.393 e. The highest BCUT2D eigenvalue weighted by Gasteiger charge is 2.35. The predicted molar refractivity (Wildman–Crippen MR) is 51.5 cm³/mol. The summed E-state index contributed by atoms with van der Waals surface area (Å²) in [4.78, 5) is 31.7. The Morgan fingerprint density at radius 3 is 2.65 bits per heavy atom. The van der Waals surface area contributed by atoms with Gasteiger partial charge >= 0.3 is 17.6 Å². The molecule has 1 aliphatic heterocycles. The van der Waals surface area contributed by atoms with Crippen molar-refractivity contribution in [3.05, 3.63) is 39.7 Å². The number of halogens is 1. The van der Waals surface area contributed by atoms with Crippen molar-refractivity contribution in [3.8, 4) is 0 Å². The van der Waals surface area contributed by atoms with Crippen molar-refractivity contribution in [1.29, 1.82) is 0 Å². The monoisotopic (exact) mass is 239 g/mol. The molecule has 17 heavy (non-hydrogen) atoms. The van der Waals surface area contributed by atoms with Crippen molar-refractivity contribution >= 4 is 17.6 Å². The number of nitro benzene ring substituents is 1. The molecule has 1 atom stereocenters. The quantitative estimate of drug-likeness (QED) is 0.336. The van der Waals surface area contributed by atoms with E-state index in [0.29, 0.717) is 0 Å². The molecule has 1 unspecified atom stereocenters. The van der Waals surface area contributed by atoms with E-state index < -0.39 is 34.3 Å². The summed E-state index contributed by atoms with van der Waals surface area (Å²) < 4.78 is 17.4. The van der Waals surface area contributed by atoms with Crippen LogP contribution in [-0.4, -0.2) is 16.9 Å². The number of hydrogen-bond donors (Lipinski definition) is 0. The van der Waals surface area contributed by atoms with Crippen LogP contribution in [0.4, 0.5) is 10.1 Å². The molecule has 0 N–H and O–H groups in total. The van der Waals surface area contributed by atoms with Gasteiger partial charge in [0.1, 0.15) is 0 Å². The maximum Gasteiger partial charge on any atom is 0.321 e. The number of benzene rings is 1. The lowest BCUT2D eigenvalue weighted by Gasteiger charge is -2.04. The first-order valence-electron chi connectivity index (χ1n) is 4.67. The van der Waals surface area contributed by atoms with E-state index in [2.05, 4.69) is 4.74 Å². The van der Waals surface area contributed by atoms with E-state index in [1.165, 1.54) is 6.07 Å². The molecule has 2 rings (SSSR count). The lowest BCUT2D eigenvalue weighted by molar-refractivity contribution is -0.387. The highest BCUT2D eigenvalue weighted by atomic mass is 19.1. The second-order valence-electron chi connectivity index (χ2n) is 3.52. The normalized spacial score (nSPS) is 19.2. The molecule has 1 aliphatic rings. The van der Waals surface area contributed by atoms with E-state index in [1.54, 1.807) is 0 Å². The van der Waals surface area contributed by atoms with Gasteiger partial charge in [-0.1, -0.05) is 6.07 Å². The average molecular weight is 239 g/mol. The zero-order valence-electron chi connectivity index (χ0n) is 8.38. The van der Waals surface area contributed by atoms with Gasteiger partial charge in [0, 0.05) is 6.07 Å². The summed E-state index contributed by atoms with van der Waals surface area (Å²) in [6.45, 7) is 0. The molecule has 1 heterocycles. The van der Waals surface area contributed by atoms with Crippen molar-refractivity contribution in [1.82, 2.24) is 0 Å². The second kappa shape index (κ2) is 3.93. The Morgan fingerprint density at radius 2 is 2.12 bits per heavy atom. The summed E-state index contributed by atoms with van der Waals surface area (Å²) in [5.41, 5.74) is -0.524. The first-order valence-corrected chi connectivity index (χ1v) is 4.67. The summed E-state index contributed by atoms with van der Waals surface area (Å²) in [5, 5.41) is 10.5. The minimum Gasteiger partial charge on any atom is -0.393 e. The zero-order valence-corrected chi connectivity index (χ0v) is 8.38. The second-order valence-corrected chi connectivity index (χ2v) is 3.52. The highest BCUT2D eigenvalue weighted by molar-refractivity contribution is 5.97. The van der Waals surface area contributed by atoms with E-state index in [1.807, 2.05) is 0 Å². The Balaban J connectivity index is 2.40. The van der Waals surface area contributed by atoms with E-state index in [9.17, 15) is 24.1 Å². The third kappa shape index (κ3) is 1.99. The zero-order chi connectivity index (χ0) is 12.6. The fourth-order valence-corrected chi connectivity index (χ4v) is 1.62. The van der Waals surface area contributed by atoms with Crippen molar-refractivity contribution in [2.75, 3.05) is 0 Å². The summed E-state index contributed by atoms with van der Waals surface area (Å²) in [6, 6.07) is 3.07. The lowest BCUT2D eigenvalue weighted by atomic mass is 9.97. The van der Waals surface area contributed by atoms with Gasteiger partial charge < -0.3 is 4.74 Å². The number of nitrogens with zero attached hydrogens (tertiary/aromatic N) is 1. The molecule has 1 fully saturated rings. The predicted octanol–water partition coefficient (Wildman–Crippen LogP) is 1.29. The summed E-state index contributed by atoms with van der Waals surface area (Å²) in [6.07, 6.45) is -0.179. The topological polar surface area (TPSA) is 86.5 Å². The van der Waals surface area contributed by atoms with Crippen LogP contribution in [0.3, 0.4) is 0 Å². The van der Waals surface area contributed by atoms with Crippen molar-refractivity contribution in [3.63, 3.8) is 0 Å². The van der Waals surface area contributed by atoms with Crippen LogP contribution in [0.2, 0.25) is 0 Å². The molecule has 1 aromatic rings. The van der Waals surface area contributed by atoms with Gasteiger partial charge in [-0.3, -0.25) is 19.7 Å². The van der Waals surface area contributed by atoms with Gasteiger partial charge in [0.2, 0.25) is 5.82 Å². The summed E-state index contributed by atoms with van der Waals surface area (Å²) >= 11 is 0. The molecule has 88 valence electrons. The number of carbonyl (C=O) groups is 2. The molecule has 0 aliphatic carbocycles. The third-order valence-corrected chi connectivity index (χ3v) is 2.44. The maximum atomic E-state index is 13.1. The fraction of sp³-hybridized carbons (Fsp3) is 0.200. The van der Waals surface area contributed by atoms with Gasteiger partial charge in [-0.15, -0.1) is 0 Å². The van der Waals surface area contributed by atoms with Crippen LogP contribution >= 0.6 is 0 Å². The number of carbonyl (C=O) groups excluding carboxylic acids is 2. The SMILES string of the molecule is O=C1CC(c2ccc(F)c([N+](=O)[O-])c2)C(=O)O1. The molecule has 0 saturated carbocycles. The van der Waals surface area contributed by atoms with E-state index in [4.69, 9.17) is 0 Å². The summed E-state index contributed by atoms with van der Waals surface area (Å²) in [5.74, 6) is -3.33. The molecule has 0 amide bonds. The highest BCUT2D eigenvalue weighted by Crippen LogP contribution is 2.30. The standard InChI is InChI=1S/C10H6FNO5/c11-7-2-1-5(3-8(7)12(15)16)6-4-9(13)17-10(6)14/h1-3,6H,4H2. The van der Waals surface area contributed by atoms with E-state index in [-0.39, 0.29) is 12.0 Å². The Bertz CT molecular complexity index is 527. The maximum absolute atomic E-state index is 13.1. The molecule has 1 saturated heterocycles. The molecule has 0 aromatic heterocycles. The third-order valence-electron chi connectivity index (χ3n) is 2.44. The Kier molecular flexibility index (Phi) is 2.58. The molecule has 6 nitrogen and oxygen atoms in total. The van der Waals surface area contributed by atoms with Crippen LogP contribution in [0.1, 0.15) is 17.9 Å². The number of cyclic esters (lactones) is 2. The van der Waals surface area contributed by atoms with Gasteiger partial charge in [-0.05, 0) is 11.6 Å². The van der Waals surface area contributed by atoms with Gasteiger partial charge in [0.15, 0.2) is 0 Å². The van der Waals surface area contributed by atoms with Crippen LogP contribution in [0.15, 0.2) is 18.2 Å². The van der Waals surface area contributed by atoms with Crippen molar-refractivity contribution in [2.45, 2.75) is 12.3 Å². The first kappa shape index (κ1) is 11.2. The molecule has 0 radical (unpaired) electrons. The van der Waals surface area contributed by atoms with Crippen molar-refractivity contribution in [2.24, 2.45) is 0 Å². The first-order chi connectivity index (χ1) is 7.99. The van der Waals surface area contributed by atoms with Gasteiger partial charge in [-0.25, -0.2) is 0 Å². The molecule has 7 heteroatoms. The van der Waals surface area contributed by atoms with E-state index in [0.717, 1.165) is 12.1 Å². The molecular weight excluding hydrogens is 233 g/mol. The Morgan fingerprint density at radius 1 is 1.41 bits per heavy atom. The Labute approximate surface area is 94.1 Å². The smallest absolute Gasteiger partial charge is 0.321 e. The van der Waals surface area contributed by atoms with Crippen LogP contribution in [0.5, 0.6) is 0 Å². The number of nitro groups is 1. The number of ether oxygens (including phenoxy) is 1. The average Bonchev–Trinajstić information content (AvgIpc) is 2.58. The lowest BCUT2D eigenvalue weighted by Crippen LogP contribution is -2.06. The number of rotatable bonds is 2. The van der Waals surface area contributed by atoms with Crippen LogP contribution in [0, 0.1) is 15.9 Å². The molecular formula is C10H6FNO5. The molecule has 0 bridgehead atoms. The van der Waals surface area contributed by atoms with Gasteiger partial charge in [0.25, 0.3) is 0 Å². The number of hydrogen-bond acceptors (Lipinski definition) is 5. The van der Waals surface area contributed by atoms with Crippen molar-refractivity contribution < 1.29 is 23.6 Å². The van der Waals surface area contributed by atoms with E-state index >= 15 is 0 Å². The minimum atomic E-state index is -0.989. The van der Waals surface area contributed by atoms with Crippen LogP contribution in [-0.2, 0) is 14.3 Å². The van der Waals surface area contributed by atoms with Crippen LogP contribution in [0.25, 0.3) is 0 Å². The minimum absolute atomic E-state index is 0.179. The van der Waals surface area contributed by atoms with Crippen LogP contribution < -0.4 is 0 Å². The molecule has 1 aromatic carbocycles. The van der Waals surface area contributed by atoms with Gasteiger partial charge in [-0.2, -0.15) is 4.39 Å². The Hall–Kier alpha value is -2.31. The summed E-state index contributed by atoms with van der Waals surface area (Å²) in [7, 11) is 0. The van der Waals surface area contributed by atoms with Gasteiger partial charge in [0.05, 0.1) is 17.3 Å². The molecule has 0 spiro atoms.